The molecular weight excluding hydrogens is 142 g/mol. The van der Waals surface area contributed by atoms with E-state index in [0.717, 1.165) is 31.9 Å². The van der Waals surface area contributed by atoms with Crippen LogP contribution in [0.15, 0.2) is 6.07 Å². The molecule has 0 amide bonds. The van der Waals surface area contributed by atoms with Crippen molar-refractivity contribution in [3.05, 3.63) is 6.07 Å². The average Bonchev–Trinajstić information content (AvgIpc) is 2.17. The summed E-state index contributed by atoms with van der Waals surface area (Å²) in [7, 11) is 0. The van der Waals surface area contributed by atoms with Gasteiger partial charge < -0.3 is 10.5 Å². The van der Waals surface area contributed by atoms with Crippen molar-refractivity contribution in [1.29, 1.82) is 0 Å². The average molecular weight is 153 g/mol. The minimum absolute atomic E-state index is 0.543. The number of nitrogen functional groups attached to an aromatic ring is 1. The zero-order chi connectivity index (χ0) is 7.68. The van der Waals surface area contributed by atoms with Gasteiger partial charge in [-0.2, -0.15) is 5.10 Å². The number of fused-ring (bicyclic) bond motifs is 1. The van der Waals surface area contributed by atoms with Crippen LogP contribution in [-0.4, -0.2) is 16.4 Å². The zero-order valence-electron chi connectivity index (χ0n) is 6.29. The third kappa shape index (κ3) is 1.15. The van der Waals surface area contributed by atoms with Gasteiger partial charge in [0.1, 0.15) is 5.82 Å². The number of rotatable bonds is 0. The molecule has 0 unspecified atom stereocenters. The molecule has 4 heteroatoms. The maximum Gasteiger partial charge on any atom is 0.213 e. The number of hydrogen-bond donors (Lipinski definition) is 1. The molecule has 2 N–H and O–H groups in total. The normalized spacial score (nSPS) is 16.7. The molecule has 2 heterocycles. The van der Waals surface area contributed by atoms with Gasteiger partial charge in [-0.05, 0) is 12.8 Å². The first-order chi connectivity index (χ1) is 5.36. The maximum atomic E-state index is 5.50. The fraction of sp³-hybridized carbons (Fsp3) is 0.571. The second-order valence-corrected chi connectivity index (χ2v) is 2.69. The molecule has 11 heavy (non-hydrogen) atoms. The monoisotopic (exact) mass is 153 g/mol. The third-order valence-corrected chi connectivity index (χ3v) is 1.78. The molecular formula is C7H11N3O. The van der Waals surface area contributed by atoms with Crippen LogP contribution < -0.4 is 10.5 Å². The summed E-state index contributed by atoms with van der Waals surface area (Å²) in [6.45, 7) is 1.71. The van der Waals surface area contributed by atoms with Crippen LogP contribution in [0.5, 0.6) is 5.88 Å². The van der Waals surface area contributed by atoms with Crippen LogP contribution in [0.25, 0.3) is 0 Å². The summed E-state index contributed by atoms with van der Waals surface area (Å²) in [5.74, 6) is 1.35. The molecule has 0 aromatic carbocycles. The largest absolute Gasteiger partial charge is 0.478 e. The number of aryl methyl sites for hydroxylation is 1. The second kappa shape index (κ2) is 2.45. The van der Waals surface area contributed by atoms with Crippen molar-refractivity contribution < 1.29 is 4.74 Å². The van der Waals surface area contributed by atoms with E-state index in [1.54, 1.807) is 6.07 Å². The maximum absolute atomic E-state index is 5.50. The van der Waals surface area contributed by atoms with Crippen LogP contribution in [0, 0.1) is 0 Å². The number of aromatic nitrogens is 2. The summed E-state index contributed by atoms with van der Waals surface area (Å²) in [6, 6.07) is 1.77. The summed E-state index contributed by atoms with van der Waals surface area (Å²) < 4.78 is 7.21. The predicted octanol–water partition coefficient (Wildman–Crippen LogP) is 0.638. The van der Waals surface area contributed by atoms with Crippen LogP contribution >= 0.6 is 0 Å². The Kier molecular flexibility index (Phi) is 1.45. The van der Waals surface area contributed by atoms with Crippen LogP contribution in [-0.2, 0) is 6.54 Å². The number of anilines is 1. The summed E-state index contributed by atoms with van der Waals surface area (Å²) in [6.07, 6.45) is 2.22. The number of hydrogen-bond acceptors (Lipinski definition) is 3. The van der Waals surface area contributed by atoms with Gasteiger partial charge in [0.25, 0.3) is 0 Å². The van der Waals surface area contributed by atoms with Gasteiger partial charge in [-0.15, -0.1) is 0 Å². The number of ether oxygens (including phenoxy) is 1. The van der Waals surface area contributed by atoms with Crippen molar-refractivity contribution >= 4 is 5.82 Å². The Bertz CT molecular complexity index is 233. The van der Waals surface area contributed by atoms with E-state index < -0.39 is 0 Å². The molecule has 0 spiro atoms. The summed E-state index contributed by atoms with van der Waals surface area (Å²) in [4.78, 5) is 0. The Hall–Kier alpha value is -1.19. The highest BCUT2D eigenvalue weighted by atomic mass is 16.5. The minimum Gasteiger partial charge on any atom is -0.478 e. The lowest BCUT2D eigenvalue weighted by Crippen LogP contribution is -1.99. The predicted molar refractivity (Wildman–Crippen MR) is 41.4 cm³/mol. The Morgan fingerprint density at radius 3 is 3.36 bits per heavy atom. The summed E-state index contributed by atoms with van der Waals surface area (Å²) in [5.41, 5.74) is 5.50. The molecule has 0 atom stereocenters. The molecule has 0 radical (unpaired) electrons. The van der Waals surface area contributed by atoms with Crippen LogP contribution in [0.1, 0.15) is 12.8 Å². The van der Waals surface area contributed by atoms with Gasteiger partial charge in [-0.25, -0.2) is 4.68 Å². The van der Waals surface area contributed by atoms with Gasteiger partial charge in [-0.3, -0.25) is 0 Å². The van der Waals surface area contributed by atoms with Gasteiger partial charge in [0.15, 0.2) is 0 Å². The van der Waals surface area contributed by atoms with E-state index in [0.29, 0.717) is 5.82 Å². The van der Waals surface area contributed by atoms with Gasteiger partial charge in [0.2, 0.25) is 5.88 Å². The molecule has 60 valence electrons. The minimum atomic E-state index is 0.543. The molecule has 2 rings (SSSR count). The lowest BCUT2D eigenvalue weighted by Gasteiger charge is -1.99. The summed E-state index contributed by atoms with van der Waals surface area (Å²) >= 11 is 0. The SMILES string of the molecule is Nc1cc2n(n1)CCCCO2. The molecule has 0 saturated heterocycles. The van der Waals surface area contributed by atoms with E-state index >= 15 is 0 Å². The molecule has 0 saturated carbocycles. The first-order valence-electron chi connectivity index (χ1n) is 3.82. The second-order valence-electron chi connectivity index (χ2n) is 2.69. The van der Waals surface area contributed by atoms with Crippen molar-refractivity contribution in [1.82, 2.24) is 9.78 Å². The van der Waals surface area contributed by atoms with Crippen LogP contribution in [0.4, 0.5) is 5.82 Å². The smallest absolute Gasteiger partial charge is 0.213 e. The number of nitrogens with two attached hydrogens (primary N) is 1. The van der Waals surface area contributed by atoms with Crippen molar-refractivity contribution in [2.45, 2.75) is 19.4 Å². The molecule has 1 aliphatic rings. The van der Waals surface area contributed by atoms with Crippen molar-refractivity contribution in [3.63, 3.8) is 0 Å². The molecule has 4 nitrogen and oxygen atoms in total. The van der Waals surface area contributed by atoms with Gasteiger partial charge in [0.05, 0.1) is 6.61 Å². The molecule has 0 fully saturated rings. The molecule has 0 aliphatic carbocycles. The highest BCUT2D eigenvalue weighted by Crippen LogP contribution is 2.18. The van der Waals surface area contributed by atoms with E-state index in [-0.39, 0.29) is 0 Å². The number of nitrogens with zero attached hydrogens (tertiary/aromatic N) is 2. The zero-order valence-corrected chi connectivity index (χ0v) is 6.29. The molecule has 1 aliphatic heterocycles. The van der Waals surface area contributed by atoms with E-state index in [1.807, 2.05) is 4.68 Å². The molecule has 1 aromatic rings. The Morgan fingerprint density at radius 1 is 1.55 bits per heavy atom. The molecule has 1 aromatic heterocycles. The van der Waals surface area contributed by atoms with Crippen LogP contribution in [0.3, 0.4) is 0 Å². The Balaban J connectivity index is 2.32. The molecule has 0 bridgehead atoms. The summed E-state index contributed by atoms with van der Waals surface area (Å²) in [5, 5.41) is 4.08. The van der Waals surface area contributed by atoms with E-state index in [9.17, 15) is 0 Å². The van der Waals surface area contributed by atoms with E-state index in [2.05, 4.69) is 5.10 Å². The Morgan fingerprint density at radius 2 is 2.45 bits per heavy atom. The lowest BCUT2D eigenvalue weighted by atomic mass is 10.3. The fourth-order valence-electron chi connectivity index (χ4n) is 1.24. The standard InChI is InChI=1S/C7H11N3O/c8-6-5-7-10(9-6)3-1-2-4-11-7/h5H,1-4H2,(H2,8,9). The third-order valence-electron chi connectivity index (χ3n) is 1.78. The van der Waals surface area contributed by atoms with Crippen LogP contribution in [0.2, 0.25) is 0 Å². The van der Waals surface area contributed by atoms with E-state index in [1.165, 1.54) is 0 Å². The fourth-order valence-corrected chi connectivity index (χ4v) is 1.24. The lowest BCUT2D eigenvalue weighted by molar-refractivity contribution is 0.303. The first-order valence-corrected chi connectivity index (χ1v) is 3.82. The van der Waals surface area contributed by atoms with Gasteiger partial charge in [0, 0.05) is 12.6 Å². The highest BCUT2D eigenvalue weighted by molar-refractivity contribution is 5.33. The quantitative estimate of drug-likeness (QED) is 0.595. The Labute approximate surface area is 64.9 Å². The van der Waals surface area contributed by atoms with E-state index in [4.69, 9.17) is 10.5 Å². The topological polar surface area (TPSA) is 53.1 Å². The van der Waals surface area contributed by atoms with Gasteiger partial charge in [-0.1, -0.05) is 0 Å². The van der Waals surface area contributed by atoms with Gasteiger partial charge >= 0.3 is 0 Å². The van der Waals surface area contributed by atoms with Crippen molar-refractivity contribution in [3.8, 4) is 5.88 Å². The highest BCUT2D eigenvalue weighted by Gasteiger charge is 2.09. The van der Waals surface area contributed by atoms with Crippen molar-refractivity contribution in [2.24, 2.45) is 0 Å². The first kappa shape index (κ1) is 6.52. The van der Waals surface area contributed by atoms with Crippen molar-refractivity contribution in [2.75, 3.05) is 12.3 Å².